The first kappa shape index (κ1) is 21.6. The van der Waals surface area contributed by atoms with Gasteiger partial charge in [0.1, 0.15) is 5.75 Å². The predicted octanol–water partition coefficient (Wildman–Crippen LogP) is 2.27. The van der Waals surface area contributed by atoms with E-state index in [1.165, 1.54) is 0 Å². The molecule has 1 saturated heterocycles. The van der Waals surface area contributed by atoms with Gasteiger partial charge in [-0.05, 0) is 44.0 Å². The van der Waals surface area contributed by atoms with Crippen LogP contribution in [0.2, 0.25) is 0 Å². The summed E-state index contributed by atoms with van der Waals surface area (Å²) in [5.41, 5.74) is 3.60. The maximum absolute atomic E-state index is 12.6. The lowest BCUT2D eigenvalue weighted by atomic mass is 10.1. The Morgan fingerprint density at radius 1 is 1.00 bits per heavy atom. The Balaban J connectivity index is 1.47. The van der Waals surface area contributed by atoms with E-state index in [4.69, 9.17) is 0 Å². The second kappa shape index (κ2) is 9.63. The summed E-state index contributed by atoms with van der Waals surface area (Å²) in [5.74, 6) is -0.133. The van der Waals surface area contributed by atoms with Gasteiger partial charge in [-0.15, -0.1) is 0 Å². The standard InChI is InChI=1S/C23H30N4O3/c1-16-7-6-8-17(2)22(16)25-21(29)15-24-23(30)18(3)26-11-13-27(14-12-26)19-9-4-5-10-20(19)28/h4-10,18,28H,11-15H2,1-3H3,(H,24,30)(H,25,29)/t18-/m0/s1. The van der Waals surface area contributed by atoms with Gasteiger partial charge in [-0.3, -0.25) is 14.5 Å². The number of phenolic OH excluding ortho intramolecular Hbond substituents is 1. The molecule has 1 aliphatic rings. The maximum atomic E-state index is 12.6. The Morgan fingerprint density at radius 2 is 1.63 bits per heavy atom. The molecule has 2 aromatic carbocycles. The molecule has 0 bridgehead atoms. The van der Waals surface area contributed by atoms with E-state index in [9.17, 15) is 14.7 Å². The predicted molar refractivity (Wildman–Crippen MR) is 119 cm³/mol. The molecule has 0 spiro atoms. The zero-order valence-electron chi connectivity index (χ0n) is 17.8. The van der Waals surface area contributed by atoms with Crippen LogP contribution in [0, 0.1) is 13.8 Å². The molecular weight excluding hydrogens is 380 g/mol. The first-order valence-corrected chi connectivity index (χ1v) is 10.3. The van der Waals surface area contributed by atoms with E-state index >= 15 is 0 Å². The highest BCUT2D eigenvalue weighted by molar-refractivity contribution is 5.96. The average Bonchev–Trinajstić information content (AvgIpc) is 2.75. The van der Waals surface area contributed by atoms with Gasteiger partial charge in [0.15, 0.2) is 0 Å². The van der Waals surface area contributed by atoms with Crippen molar-refractivity contribution in [2.45, 2.75) is 26.8 Å². The molecule has 3 rings (SSSR count). The van der Waals surface area contributed by atoms with Crippen molar-refractivity contribution in [2.24, 2.45) is 0 Å². The first-order chi connectivity index (χ1) is 14.4. The number of rotatable bonds is 6. The number of piperazine rings is 1. The molecule has 0 aromatic heterocycles. The number of para-hydroxylation sites is 3. The van der Waals surface area contributed by atoms with Crippen molar-refractivity contribution >= 4 is 23.2 Å². The largest absolute Gasteiger partial charge is 0.506 e. The van der Waals surface area contributed by atoms with Crippen molar-refractivity contribution in [1.82, 2.24) is 10.2 Å². The highest BCUT2D eigenvalue weighted by atomic mass is 16.3. The molecule has 30 heavy (non-hydrogen) atoms. The van der Waals surface area contributed by atoms with Gasteiger partial charge in [-0.1, -0.05) is 30.3 Å². The van der Waals surface area contributed by atoms with Crippen molar-refractivity contribution in [2.75, 3.05) is 42.9 Å². The molecule has 0 saturated carbocycles. The number of phenols is 1. The summed E-state index contributed by atoms with van der Waals surface area (Å²) in [7, 11) is 0. The third-order valence-corrected chi connectivity index (χ3v) is 5.63. The number of nitrogens with one attached hydrogen (secondary N) is 2. The zero-order chi connectivity index (χ0) is 21.7. The van der Waals surface area contributed by atoms with Crippen LogP contribution in [-0.2, 0) is 9.59 Å². The van der Waals surface area contributed by atoms with E-state index in [2.05, 4.69) is 20.4 Å². The third-order valence-electron chi connectivity index (χ3n) is 5.63. The number of benzene rings is 2. The molecule has 2 aromatic rings. The number of hydrogen-bond donors (Lipinski definition) is 3. The van der Waals surface area contributed by atoms with Gasteiger partial charge < -0.3 is 20.6 Å². The second-order valence-electron chi connectivity index (χ2n) is 7.72. The van der Waals surface area contributed by atoms with E-state index in [0.717, 1.165) is 35.6 Å². The zero-order valence-corrected chi connectivity index (χ0v) is 17.8. The Hall–Kier alpha value is -3.06. The first-order valence-electron chi connectivity index (χ1n) is 10.3. The van der Waals surface area contributed by atoms with Crippen LogP contribution in [0.1, 0.15) is 18.1 Å². The Kier molecular flexibility index (Phi) is 6.95. The Labute approximate surface area is 177 Å². The van der Waals surface area contributed by atoms with Gasteiger partial charge in [0.25, 0.3) is 0 Å². The van der Waals surface area contributed by atoms with E-state index in [-0.39, 0.29) is 30.2 Å². The summed E-state index contributed by atoms with van der Waals surface area (Å²) in [6.07, 6.45) is 0. The summed E-state index contributed by atoms with van der Waals surface area (Å²) in [6.45, 7) is 8.54. The van der Waals surface area contributed by atoms with Crippen LogP contribution in [-0.4, -0.2) is 60.6 Å². The van der Waals surface area contributed by atoms with Gasteiger partial charge in [0.2, 0.25) is 11.8 Å². The summed E-state index contributed by atoms with van der Waals surface area (Å²) in [6, 6.07) is 12.8. The van der Waals surface area contributed by atoms with Crippen LogP contribution < -0.4 is 15.5 Å². The monoisotopic (exact) mass is 410 g/mol. The fourth-order valence-corrected chi connectivity index (χ4v) is 3.76. The summed E-state index contributed by atoms with van der Waals surface area (Å²) < 4.78 is 0. The van der Waals surface area contributed by atoms with Gasteiger partial charge in [-0.25, -0.2) is 0 Å². The smallest absolute Gasteiger partial charge is 0.243 e. The normalized spacial score (nSPS) is 15.5. The van der Waals surface area contributed by atoms with Crippen molar-refractivity contribution < 1.29 is 14.7 Å². The molecule has 1 aliphatic heterocycles. The fraction of sp³-hybridized carbons (Fsp3) is 0.391. The summed E-state index contributed by atoms with van der Waals surface area (Å²) in [5, 5.41) is 15.7. The molecule has 7 nitrogen and oxygen atoms in total. The quantitative estimate of drug-likeness (QED) is 0.680. The van der Waals surface area contributed by atoms with Crippen LogP contribution in [0.25, 0.3) is 0 Å². The van der Waals surface area contributed by atoms with E-state index in [0.29, 0.717) is 13.1 Å². The number of carbonyl (C=O) groups excluding carboxylic acids is 2. The molecule has 7 heteroatoms. The molecule has 0 unspecified atom stereocenters. The van der Waals surface area contributed by atoms with Crippen molar-refractivity contribution in [3.05, 3.63) is 53.6 Å². The Morgan fingerprint density at radius 3 is 2.27 bits per heavy atom. The molecule has 1 fully saturated rings. The van der Waals surface area contributed by atoms with Crippen LogP contribution in [0.4, 0.5) is 11.4 Å². The number of amides is 2. The lowest BCUT2D eigenvalue weighted by Gasteiger charge is -2.38. The minimum Gasteiger partial charge on any atom is -0.506 e. The maximum Gasteiger partial charge on any atom is 0.243 e. The number of anilines is 2. The molecule has 3 N–H and O–H groups in total. The molecule has 160 valence electrons. The molecule has 1 atom stereocenters. The molecule has 0 radical (unpaired) electrons. The lowest BCUT2D eigenvalue weighted by molar-refractivity contribution is -0.128. The summed E-state index contributed by atoms with van der Waals surface area (Å²) in [4.78, 5) is 29.0. The third kappa shape index (κ3) is 5.10. The number of aromatic hydroxyl groups is 1. The van der Waals surface area contributed by atoms with Crippen LogP contribution in [0.15, 0.2) is 42.5 Å². The van der Waals surface area contributed by atoms with E-state index in [1.54, 1.807) is 12.1 Å². The fourth-order valence-electron chi connectivity index (χ4n) is 3.76. The SMILES string of the molecule is Cc1cccc(C)c1NC(=O)CNC(=O)[C@H](C)N1CCN(c2ccccc2O)CC1. The Bertz CT molecular complexity index is 887. The minimum atomic E-state index is -0.329. The highest BCUT2D eigenvalue weighted by Crippen LogP contribution is 2.27. The molecule has 0 aliphatic carbocycles. The number of carbonyl (C=O) groups is 2. The molecule has 1 heterocycles. The van der Waals surface area contributed by atoms with Crippen molar-refractivity contribution in [3.63, 3.8) is 0 Å². The molecule has 2 amide bonds. The number of hydrogen-bond acceptors (Lipinski definition) is 5. The van der Waals surface area contributed by atoms with Gasteiger partial charge >= 0.3 is 0 Å². The minimum absolute atomic E-state index is 0.0607. The van der Waals surface area contributed by atoms with Crippen molar-refractivity contribution in [3.8, 4) is 5.75 Å². The van der Waals surface area contributed by atoms with E-state index < -0.39 is 0 Å². The average molecular weight is 411 g/mol. The van der Waals surface area contributed by atoms with Crippen LogP contribution in [0.5, 0.6) is 5.75 Å². The van der Waals surface area contributed by atoms with Crippen LogP contribution in [0.3, 0.4) is 0 Å². The second-order valence-corrected chi connectivity index (χ2v) is 7.72. The lowest BCUT2D eigenvalue weighted by Crippen LogP contribution is -2.54. The topological polar surface area (TPSA) is 84.9 Å². The van der Waals surface area contributed by atoms with Gasteiger partial charge in [-0.2, -0.15) is 0 Å². The van der Waals surface area contributed by atoms with Crippen molar-refractivity contribution in [1.29, 1.82) is 0 Å². The van der Waals surface area contributed by atoms with Crippen LogP contribution >= 0.6 is 0 Å². The number of aryl methyl sites for hydroxylation is 2. The summed E-state index contributed by atoms with van der Waals surface area (Å²) >= 11 is 0. The highest BCUT2D eigenvalue weighted by Gasteiger charge is 2.26. The number of nitrogens with zero attached hydrogens (tertiary/aromatic N) is 2. The molecular formula is C23H30N4O3. The van der Waals surface area contributed by atoms with Gasteiger partial charge in [0, 0.05) is 31.9 Å². The van der Waals surface area contributed by atoms with Gasteiger partial charge in [0.05, 0.1) is 18.3 Å². The van der Waals surface area contributed by atoms with E-state index in [1.807, 2.05) is 51.1 Å².